The first kappa shape index (κ1) is 17.3. The van der Waals surface area contributed by atoms with Crippen LogP contribution in [0, 0.1) is 11.6 Å². The number of rotatable bonds is 3. The molecule has 1 aliphatic rings. The van der Waals surface area contributed by atoms with Crippen molar-refractivity contribution in [2.45, 2.75) is 50.8 Å². The monoisotopic (exact) mass is 327 g/mol. The van der Waals surface area contributed by atoms with Crippen molar-refractivity contribution in [2.75, 3.05) is 12.3 Å². The van der Waals surface area contributed by atoms with Crippen molar-refractivity contribution in [1.82, 2.24) is 4.90 Å². The smallest absolute Gasteiger partial charge is 0.254 e. The van der Waals surface area contributed by atoms with Crippen LogP contribution in [0.15, 0.2) is 18.2 Å². The van der Waals surface area contributed by atoms with Gasteiger partial charge in [-0.15, -0.1) is 0 Å². The highest BCUT2D eigenvalue weighted by atomic mass is 32.2. The average molecular weight is 327 g/mol. The Bertz CT molecular complexity index is 542. The molecule has 0 N–H and O–H groups in total. The summed E-state index contributed by atoms with van der Waals surface area (Å²) in [5.41, 5.74) is 0.228. The summed E-state index contributed by atoms with van der Waals surface area (Å²) in [6, 6.07) is 3.55. The second kappa shape index (κ2) is 6.99. The van der Waals surface area contributed by atoms with Crippen LogP contribution in [-0.4, -0.2) is 33.9 Å². The number of likely N-dealkylation sites (tertiary alicyclic amines) is 1. The molecular weight excluding hydrogens is 304 g/mol. The van der Waals surface area contributed by atoms with E-state index in [-0.39, 0.29) is 22.3 Å². The van der Waals surface area contributed by atoms with Crippen molar-refractivity contribution in [3.63, 3.8) is 0 Å². The Kier molecular flexibility index (Phi) is 5.48. The molecule has 122 valence electrons. The Morgan fingerprint density at radius 2 is 2.00 bits per heavy atom. The van der Waals surface area contributed by atoms with E-state index in [0.717, 1.165) is 37.1 Å². The molecule has 0 spiro atoms. The van der Waals surface area contributed by atoms with Crippen LogP contribution in [0.4, 0.5) is 8.78 Å². The fraction of sp³-hybridized carbons (Fsp3) is 0.588. The van der Waals surface area contributed by atoms with E-state index in [1.165, 1.54) is 6.07 Å². The van der Waals surface area contributed by atoms with Crippen molar-refractivity contribution < 1.29 is 13.6 Å². The summed E-state index contributed by atoms with van der Waals surface area (Å²) in [7, 11) is 0. The maximum Gasteiger partial charge on any atom is 0.254 e. The minimum Gasteiger partial charge on any atom is -0.335 e. The first-order chi connectivity index (χ1) is 10.3. The number of thioether (sulfide) groups is 1. The second-order valence-electron chi connectivity index (χ2n) is 6.70. The van der Waals surface area contributed by atoms with Gasteiger partial charge in [0, 0.05) is 28.6 Å². The molecule has 0 radical (unpaired) electrons. The fourth-order valence-electron chi connectivity index (χ4n) is 2.58. The zero-order chi connectivity index (χ0) is 16.3. The van der Waals surface area contributed by atoms with Crippen molar-refractivity contribution in [3.8, 4) is 0 Å². The van der Waals surface area contributed by atoms with Crippen LogP contribution in [0.5, 0.6) is 0 Å². The maximum atomic E-state index is 13.4. The normalized spacial score (nSPS) is 19.3. The van der Waals surface area contributed by atoms with Gasteiger partial charge in [0.05, 0.1) is 0 Å². The van der Waals surface area contributed by atoms with E-state index in [9.17, 15) is 13.6 Å². The molecular formula is C17H23F2NOS. The summed E-state index contributed by atoms with van der Waals surface area (Å²) in [6.45, 7) is 7.15. The molecule has 1 aliphatic heterocycles. The Balaban J connectivity index is 2.12. The Labute approximate surface area is 135 Å². The summed E-state index contributed by atoms with van der Waals surface area (Å²) in [5, 5.41) is 0. The highest BCUT2D eigenvalue weighted by Crippen LogP contribution is 2.29. The van der Waals surface area contributed by atoms with Gasteiger partial charge < -0.3 is 4.90 Å². The molecule has 0 aromatic heterocycles. The molecule has 0 saturated carbocycles. The van der Waals surface area contributed by atoms with Gasteiger partial charge in [0.1, 0.15) is 0 Å². The molecule has 1 heterocycles. The first-order valence-corrected chi connectivity index (χ1v) is 8.66. The van der Waals surface area contributed by atoms with E-state index in [1.807, 2.05) is 16.7 Å². The lowest BCUT2D eigenvalue weighted by atomic mass is 10.0. The van der Waals surface area contributed by atoms with Gasteiger partial charge in [-0.1, -0.05) is 20.8 Å². The van der Waals surface area contributed by atoms with Gasteiger partial charge in [-0.3, -0.25) is 4.79 Å². The third-order valence-corrected chi connectivity index (χ3v) is 5.18. The SMILES string of the molecule is CC(C)(C)SC[C@H]1CCCCN1C(=O)c1ccc(F)c(F)c1. The van der Waals surface area contributed by atoms with Gasteiger partial charge >= 0.3 is 0 Å². The maximum absolute atomic E-state index is 13.4. The summed E-state index contributed by atoms with van der Waals surface area (Å²) < 4.78 is 26.5. The number of halogens is 2. The molecule has 1 aromatic rings. The van der Waals surface area contributed by atoms with Crippen LogP contribution in [-0.2, 0) is 0 Å². The van der Waals surface area contributed by atoms with Gasteiger partial charge in [-0.05, 0) is 37.5 Å². The fourth-order valence-corrected chi connectivity index (χ4v) is 3.62. The van der Waals surface area contributed by atoms with Crippen LogP contribution in [0.2, 0.25) is 0 Å². The van der Waals surface area contributed by atoms with Crippen molar-refractivity contribution in [1.29, 1.82) is 0 Å². The zero-order valence-corrected chi connectivity index (χ0v) is 14.2. The van der Waals surface area contributed by atoms with Gasteiger partial charge in [-0.2, -0.15) is 11.8 Å². The standard InChI is InChI=1S/C17H23F2NOS/c1-17(2,3)22-11-13-6-4-5-9-20(13)16(21)12-7-8-14(18)15(19)10-12/h7-8,10,13H,4-6,9,11H2,1-3H3/t13-/m1/s1. The van der Waals surface area contributed by atoms with Crippen molar-refractivity contribution in [3.05, 3.63) is 35.4 Å². The summed E-state index contributed by atoms with van der Waals surface area (Å²) >= 11 is 1.83. The highest BCUT2D eigenvalue weighted by molar-refractivity contribution is 8.00. The van der Waals surface area contributed by atoms with Crippen LogP contribution in [0.1, 0.15) is 50.4 Å². The lowest BCUT2D eigenvalue weighted by Gasteiger charge is -2.37. The van der Waals surface area contributed by atoms with E-state index in [2.05, 4.69) is 20.8 Å². The average Bonchev–Trinajstić information content (AvgIpc) is 2.47. The third kappa shape index (κ3) is 4.45. The number of hydrogen-bond donors (Lipinski definition) is 0. The molecule has 1 atom stereocenters. The molecule has 5 heteroatoms. The summed E-state index contributed by atoms with van der Waals surface area (Å²) in [5.74, 6) is -1.21. The van der Waals surface area contributed by atoms with Gasteiger partial charge in [0.25, 0.3) is 5.91 Å². The number of nitrogens with zero attached hydrogens (tertiary/aromatic N) is 1. The molecule has 1 amide bonds. The van der Waals surface area contributed by atoms with Crippen LogP contribution >= 0.6 is 11.8 Å². The van der Waals surface area contributed by atoms with E-state index in [1.54, 1.807) is 0 Å². The number of carbonyl (C=O) groups excluding carboxylic acids is 1. The summed E-state index contributed by atoms with van der Waals surface area (Å²) in [4.78, 5) is 14.5. The highest BCUT2D eigenvalue weighted by Gasteiger charge is 2.29. The van der Waals surface area contributed by atoms with Gasteiger partial charge in [0.2, 0.25) is 0 Å². The minimum atomic E-state index is -0.969. The molecule has 0 aliphatic carbocycles. The largest absolute Gasteiger partial charge is 0.335 e. The van der Waals surface area contributed by atoms with Crippen LogP contribution < -0.4 is 0 Å². The van der Waals surface area contributed by atoms with Crippen molar-refractivity contribution in [2.24, 2.45) is 0 Å². The number of hydrogen-bond acceptors (Lipinski definition) is 2. The van der Waals surface area contributed by atoms with E-state index >= 15 is 0 Å². The third-order valence-electron chi connectivity index (χ3n) is 3.76. The molecule has 0 unspecified atom stereocenters. The van der Waals surface area contributed by atoms with E-state index < -0.39 is 11.6 Å². The Hall–Kier alpha value is -1.10. The summed E-state index contributed by atoms with van der Waals surface area (Å²) in [6.07, 6.45) is 3.04. The Morgan fingerprint density at radius 1 is 1.27 bits per heavy atom. The molecule has 2 nitrogen and oxygen atoms in total. The minimum absolute atomic E-state index is 0.147. The number of carbonyl (C=O) groups is 1. The topological polar surface area (TPSA) is 20.3 Å². The second-order valence-corrected chi connectivity index (χ2v) is 8.55. The van der Waals surface area contributed by atoms with Gasteiger partial charge in [0.15, 0.2) is 11.6 Å². The molecule has 22 heavy (non-hydrogen) atoms. The predicted molar refractivity (Wildman–Crippen MR) is 87.2 cm³/mol. The zero-order valence-electron chi connectivity index (χ0n) is 13.4. The molecule has 0 bridgehead atoms. The quantitative estimate of drug-likeness (QED) is 0.815. The molecule has 2 rings (SSSR count). The van der Waals surface area contributed by atoms with Crippen molar-refractivity contribution >= 4 is 17.7 Å². The lowest BCUT2D eigenvalue weighted by molar-refractivity contribution is 0.0639. The first-order valence-electron chi connectivity index (χ1n) is 7.68. The van der Waals surface area contributed by atoms with Gasteiger partial charge in [-0.25, -0.2) is 8.78 Å². The van der Waals surface area contributed by atoms with Crippen LogP contribution in [0.3, 0.4) is 0 Å². The molecule has 1 fully saturated rings. The Morgan fingerprint density at radius 3 is 2.64 bits per heavy atom. The van der Waals surface area contributed by atoms with E-state index in [0.29, 0.717) is 6.54 Å². The van der Waals surface area contributed by atoms with Crippen LogP contribution in [0.25, 0.3) is 0 Å². The number of piperidine rings is 1. The number of amides is 1. The molecule has 1 saturated heterocycles. The number of benzene rings is 1. The van der Waals surface area contributed by atoms with E-state index in [4.69, 9.17) is 0 Å². The predicted octanol–water partition coefficient (Wildman–Crippen LogP) is 4.49. The molecule has 1 aromatic carbocycles. The lowest BCUT2D eigenvalue weighted by Crippen LogP contribution is -2.45.